The molecule has 2 heterocycles. The fourth-order valence-electron chi connectivity index (χ4n) is 3.26. The topological polar surface area (TPSA) is 75.1 Å². The van der Waals surface area contributed by atoms with Crippen molar-refractivity contribution in [3.8, 4) is 0 Å². The lowest BCUT2D eigenvalue weighted by atomic mass is 9.82. The van der Waals surface area contributed by atoms with Gasteiger partial charge in [-0.25, -0.2) is 14.8 Å². The molecule has 5 nitrogen and oxygen atoms in total. The molecule has 108 valence electrons. The van der Waals surface area contributed by atoms with Crippen LogP contribution in [0.1, 0.15) is 66.1 Å². The maximum absolute atomic E-state index is 11.4. The average Bonchev–Trinajstić information content (AvgIpc) is 2.46. The highest BCUT2D eigenvalue weighted by molar-refractivity contribution is 5.87. The molecule has 3 rings (SSSR count). The number of nitrogens with zero attached hydrogens (tertiary/aromatic N) is 2. The number of carbonyl (C=O) groups is 1. The first-order valence-corrected chi connectivity index (χ1v) is 7.49. The molecular formula is C15H21N3O2. The Morgan fingerprint density at radius 2 is 2.00 bits per heavy atom. The molecule has 0 saturated heterocycles. The van der Waals surface area contributed by atoms with Crippen LogP contribution in [0.3, 0.4) is 0 Å². The van der Waals surface area contributed by atoms with Crippen LogP contribution >= 0.6 is 0 Å². The van der Waals surface area contributed by atoms with E-state index in [9.17, 15) is 9.90 Å². The lowest BCUT2D eigenvalue weighted by molar-refractivity contribution is 0.0687. The van der Waals surface area contributed by atoms with Crippen LogP contribution < -0.4 is 5.32 Å². The molecule has 5 heteroatoms. The van der Waals surface area contributed by atoms with Crippen molar-refractivity contribution in [2.75, 3.05) is 6.54 Å². The van der Waals surface area contributed by atoms with Gasteiger partial charge in [-0.3, -0.25) is 0 Å². The molecular weight excluding hydrogens is 254 g/mol. The zero-order chi connectivity index (χ0) is 14.1. The van der Waals surface area contributed by atoms with Crippen molar-refractivity contribution in [3.05, 3.63) is 22.8 Å². The molecule has 2 N–H and O–H groups in total. The van der Waals surface area contributed by atoms with Crippen LogP contribution in [0.15, 0.2) is 0 Å². The third kappa shape index (κ3) is 2.54. The van der Waals surface area contributed by atoms with Gasteiger partial charge >= 0.3 is 5.97 Å². The number of fused-ring (bicyclic) bond motifs is 1. The molecule has 0 spiro atoms. The molecule has 1 aliphatic carbocycles. The average molecular weight is 275 g/mol. The highest BCUT2D eigenvalue weighted by atomic mass is 16.4. The van der Waals surface area contributed by atoms with Crippen molar-refractivity contribution in [2.45, 2.75) is 51.5 Å². The lowest BCUT2D eigenvalue weighted by Crippen LogP contribution is -2.29. The van der Waals surface area contributed by atoms with E-state index in [0.29, 0.717) is 18.9 Å². The van der Waals surface area contributed by atoms with Crippen LogP contribution in [0.4, 0.5) is 0 Å². The second-order valence-corrected chi connectivity index (χ2v) is 6.04. The summed E-state index contributed by atoms with van der Waals surface area (Å²) in [4.78, 5) is 20.5. The normalized spacial score (nSPS) is 26.1. The Bertz CT molecular complexity index is 522. The van der Waals surface area contributed by atoms with Gasteiger partial charge in [0, 0.05) is 18.0 Å². The maximum Gasteiger partial charge on any atom is 0.354 e. The van der Waals surface area contributed by atoms with Crippen molar-refractivity contribution in [1.29, 1.82) is 0 Å². The van der Waals surface area contributed by atoms with Gasteiger partial charge in [0.25, 0.3) is 0 Å². The van der Waals surface area contributed by atoms with E-state index in [-0.39, 0.29) is 5.69 Å². The van der Waals surface area contributed by atoms with E-state index in [1.165, 1.54) is 12.8 Å². The predicted octanol–water partition coefficient (Wildman–Crippen LogP) is 2.11. The summed E-state index contributed by atoms with van der Waals surface area (Å²) < 4.78 is 0. The molecule has 0 unspecified atom stereocenters. The number of carboxylic acids is 1. The van der Waals surface area contributed by atoms with Crippen LogP contribution in [-0.4, -0.2) is 27.6 Å². The number of nitrogens with one attached hydrogen (secondary N) is 1. The van der Waals surface area contributed by atoms with Gasteiger partial charge in [0.05, 0.1) is 5.69 Å². The summed E-state index contributed by atoms with van der Waals surface area (Å²) in [5, 5.41) is 12.7. The highest BCUT2D eigenvalue weighted by Crippen LogP contribution is 2.34. The number of rotatable bonds is 2. The molecule has 0 atom stereocenters. The van der Waals surface area contributed by atoms with Gasteiger partial charge in [0.2, 0.25) is 0 Å². The molecule has 0 bridgehead atoms. The van der Waals surface area contributed by atoms with Crippen molar-refractivity contribution in [3.63, 3.8) is 0 Å². The molecule has 0 aromatic carbocycles. The van der Waals surface area contributed by atoms with Crippen LogP contribution in [0.5, 0.6) is 0 Å². The predicted molar refractivity (Wildman–Crippen MR) is 74.8 cm³/mol. The van der Waals surface area contributed by atoms with Crippen molar-refractivity contribution in [2.24, 2.45) is 5.92 Å². The first kappa shape index (κ1) is 13.5. The Morgan fingerprint density at radius 3 is 2.70 bits per heavy atom. The van der Waals surface area contributed by atoms with Crippen molar-refractivity contribution >= 4 is 5.97 Å². The lowest BCUT2D eigenvalue weighted by Gasteiger charge is -2.26. The van der Waals surface area contributed by atoms with E-state index in [0.717, 1.165) is 42.4 Å². The fourth-order valence-corrected chi connectivity index (χ4v) is 3.26. The van der Waals surface area contributed by atoms with Crippen LogP contribution in [0, 0.1) is 5.92 Å². The highest BCUT2D eigenvalue weighted by Gasteiger charge is 2.27. The van der Waals surface area contributed by atoms with E-state index in [1.54, 1.807) is 0 Å². The second kappa shape index (κ2) is 5.48. The molecule has 1 aromatic rings. The summed E-state index contributed by atoms with van der Waals surface area (Å²) in [5.74, 6) is 0.925. The molecule has 1 aliphatic heterocycles. The van der Waals surface area contributed by atoms with Crippen LogP contribution in [0.25, 0.3) is 0 Å². The van der Waals surface area contributed by atoms with E-state index >= 15 is 0 Å². The number of carboxylic acid groups (broad SMARTS) is 1. The van der Waals surface area contributed by atoms with E-state index in [1.807, 2.05) is 0 Å². The van der Waals surface area contributed by atoms with Gasteiger partial charge in [-0.15, -0.1) is 0 Å². The summed E-state index contributed by atoms with van der Waals surface area (Å²) in [6, 6.07) is 0. The maximum atomic E-state index is 11.4. The number of hydrogen-bond acceptors (Lipinski definition) is 4. The Labute approximate surface area is 118 Å². The smallest absolute Gasteiger partial charge is 0.354 e. The molecule has 0 radical (unpaired) electrons. The summed E-state index contributed by atoms with van der Waals surface area (Å²) >= 11 is 0. The summed E-state index contributed by atoms with van der Waals surface area (Å²) in [7, 11) is 0. The quantitative estimate of drug-likeness (QED) is 0.864. The Hall–Kier alpha value is -1.49. The standard InChI is InChI=1S/C15H21N3O2/c1-9-2-4-10(5-3-9)14-17-12-8-16-7-6-11(12)13(18-14)15(19)20/h9-10,16H,2-8H2,1H3,(H,19,20). The Morgan fingerprint density at radius 1 is 1.25 bits per heavy atom. The minimum Gasteiger partial charge on any atom is -0.477 e. The third-order valence-corrected chi connectivity index (χ3v) is 4.54. The zero-order valence-corrected chi connectivity index (χ0v) is 11.9. The van der Waals surface area contributed by atoms with Crippen LogP contribution in [0.2, 0.25) is 0 Å². The molecule has 20 heavy (non-hydrogen) atoms. The second-order valence-electron chi connectivity index (χ2n) is 6.04. The van der Waals surface area contributed by atoms with Gasteiger partial charge < -0.3 is 10.4 Å². The molecule has 1 aromatic heterocycles. The summed E-state index contributed by atoms with van der Waals surface area (Å²) in [6.07, 6.45) is 5.23. The summed E-state index contributed by atoms with van der Waals surface area (Å²) in [6.45, 7) is 3.74. The Balaban J connectivity index is 1.95. The molecule has 1 fully saturated rings. The van der Waals surface area contributed by atoms with Gasteiger partial charge in [-0.2, -0.15) is 0 Å². The number of aromatic nitrogens is 2. The monoisotopic (exact) mass is 275 g/mol. The van der Waals surface area contributed by atoms with Gasteiger partial charge in [0.15, 0.2) is 5.69 Å². The Kier molecular flexibility index (Phi) is 3.70. The van der Waals surface area contributed by atoms with E-state index < -0.39 is 5.97 Å². The van der Waals surface area contributed by atoms with Crippen LogP contribution in [-0.2, 0) is 13.0 Å². The summed E-state index contributed by atoms with van der Waals surface area (Å²) in [5.41, 5.74) is 1.94. The SMILES string of the molecule is CC1CCC(c2nc3c(c(C(=O)O)n2)CCNC3)CC1. The molecule has 1 saturated carbocycles. The fraction of sp³-hybridized carbons (Fsp3) is 0.667. The van der Waals surface area contributed by atoms with Gasteiger partial charge in [-0.1, -0.05) is 19.8 Å². The minimum atomic E-state index is -0.920. The number of aromatic carboxylic acids is 1. The van der Waals surface area contributed by atoms with E-state index in [2.05, 4.69) is 22.2 Å². The molecule has 0 amide bonds. The third-order valence-electron chi connectivity index (χ3n) is 4.54. The van der Waals surface area contributed by atoms with Gasteiger partial charge in [-0.05, 0) is 31.7 Å². The molecule has 2 aliphatic rings. The van der Waals surface area contributed by atoms with Gasteiger partial charge in [0.1, 0.15) is 5.82 Å². The van der Waals surface area contributed by atoms with E-state index in [4.69, 9.17) is 0 Å². The zero-order valence-electron chi connectivity index (χ0n) is 11.9. The minimum absolute atomic E-state index is 0.227. The number of hydrogen-bond donors (Lipinski definition) is 2. The van der Waals surface area contributed by atoms with Crippen molar-refractivity contribution < 1.29 is 9.90 Å². The first-order chi connectivity index (χ1) is 9.65. The first-order valence-electron chi connectivity index (χ1n) is 7.49. The van der Waals surface area contributed by atoms with Crippen molar-refractivity contribution in [1.82, 2.24) is 15.3 Å². The largest absolute Gasteiger partial charge is 0.477 e.